The highest BCUT2D eigenvalue weighted by atomic mass is 35.5. The van der Waals surface area contributed by atoms with E-state index in [0.29, 0.717) is 24.6 Å². The molecule has 0 bridgehead atoms. The number of thioether (sulfide) groups is 1. The lowest BCUT2D eigenvalue weighted by Crippen LogP contribution is -2.48. The second kappa shape index (κ2) is 10.8. The Bertz CT molecular complexity index is 1320. The van der Waals surface area contributed by atoms with Gasteiger partial charge in [0.05, 0.1) is 35.5 Å². The van der Waals surface area contributed by atoms with Crippen LogP contribution in [0.2, 0.25) is 0 Å². The summed E-state index contributed by atoms with van der Waals surface area (Å²) < 4.78 is 22.0. The number of hydrogen-bond acceptors (Lipinski definition) is 7. The van der Waals surface area contributed by atoms with E-state index in [0.717, 1.165) is 60.0 Å². The first-order chi connectivity index (χ1) is 16.5. The molecule has 2 N–H and O–H groups in total. The summed E-state index contributed by atoms with van der Waals surface area (Å²) in [7, 11) is 0. The minimum absolute atomic E-state index is 0. The van der Waals surface area contributed by atoms with Crippen molar-refractivity contribution in [3.05, 3.63) is 64.0 Å². The summed E-state index contributed by atoms with van der Waals surface area (Å²) in [5.74, 6) is 1.38. The second-order valence-corrected chi connectivity index (χ2v) is 10.5. The van der Waals surface area contributed by atoms with Crippen molar-refractivity contribution < 1.29 is 14.2 Å². The van der Waals surface area contributed by atoms with Crippen molar-refractivity contribution in [3.8, 4) is 5.75 Å². The Balaban J connectivity index is 0.00000152. The number of fused-ring (bicyclic) bond motifs is 1. The van der Waals surface area contributed by atoms with E-state index < -0.39 is 11.4 Å². The molecule has 0 radical (unpaired) electrons. The monoisotopic (exact) mass is 554 g/mol. The summed E-state index contributed by atoms with van der Waals surface area (Å²) in [6, 6.07) is 8.69. The Kier molecular flexibility index (Phi) is 8.19. The molecule has 1 aromatic carbocycles. The minimum Gasteiger partial charge on any atom is -0.490 e. The van der Waals surface area contributed by atoms with Gasteiger partial charge in [-0.15, -0.1) is 36.6 Å². The normalized spacial score (nSPS) is 21.4. The number of ether oxygens (including phenoxy) is 1. The van der Waals surface area contributed by atoms with E-state index in [1.165, 1.54) is 16.7 Å². The van der Waals surface area contributed by atoms with Crippen LogP contribution in [0.15, 0.2) is 46.2 Å². The number of aliphatic hydroxyl groups is 1. The molecule has 6 rings (SSSR count). The van der Waals surface area contributed by atoms with Crippen molar-refractivity contribution in [3.63, 3.8) is 0 Å². The Morgan fingerprint density at radius 1 is 1.22 bits per heavy atom. The van der Waals surface area contributed by atoms with Crippen molar-refractivity contribution >= 4 is 47.5 Å². The SMILES string of the molecule is Cl.Cl.O=c1ccc2ccc(F)c3c2n1CC3(O)CN1CCC(NCc2cc3c(cn2)OCCS3)CC1. The zero-order valence-corrected chi connectivity index (χ0v) is 22.1. The van der Waals surface area contributed by atoms with E-state index in [4.69, 9.17) is 4.74 Å². The lowest BCUT2D eigenvalue weighted by atomic mass is 9.92. The zero-order chi connectivity index (χ0) is 23.3. The molecule has 7 nitrogen and oxygen atoms in total. The molecule has 3 aliphatic rings. The van der Waals surface area contributed by atoms with Gasteiger partial charge in [-0.2, -0.15) is 0 Å². The van der Waals surface area contributed by atoms with E-state index in [1.807, 2.05) is 6.20 Å². The van der Waals surface area contributed by atoms with Gasteiger partial charge < -0.3 is 19.7 Å². The predicted octanol–water partition coefficient (Wildman–Crippen LogP) is 3.32. The highest BCUT2D eigenvalue weighted by Gasteiger charge is 2.42. The van der Waals surface area contributed by atoms with Crippen LogP contribution in [0.1, 0.15) is 24.1 Å². The van der Waals surface area contributed by atoms with Gasteiger partial charge in [-0.25, -0.2) is 4.39 Å². The number of piperidine rings is 1. The van der Waals surface area contributed by atoms with Gasteiger partial charge in [0.25, 0.3) is 5.56 Å². The number of hydrogen-bond donors (Lipinski definition) is 2. The molecule has 1 fully saturated rings. The quantitative estimate of drug-likeness (QED) is 0.500. The van der Waals surface area contributed by atoms with Gasteiger partial charge in [-0.3, -0.25) is 14.7 Å². The number of aromatic nitrogens is 2. The summed E-state index contributed by atoms with van der Waals surface area (Å²) in [5.41, 5.74) is 0.158. The molecule has 5 heterocycles. The maximum atomic E-state index is 14.8. The van der Waals surface area contributed by atoms with Crippen LogP contribution in [0.4, 0.5) is 4.39 Å². The molecule has 1 unspecified atom stereocenters. The fraction of sp³-hybridized carbons (Fsp3) is 0.440. The van der Waals surface area contributed by atoms with E-state index in [9.17, 15) is 14.3 Å². The van der Waals surface area contributed by atoms with Crippen molar-refractivity contribution in [1.82, 2.24) is 19.8 Å². The smallest absolute Gasteiger partial charge is 0.251 e. The van der Waals surface area contributed by atoms with E-state index in [2.05, 4.69) is 21.3 Å². The first-order valence-corrected chi connectivity index (χ1v) is 12.7. The molecular weight excluding hydrogens is 526 g/mol. The van der Waals surface area contributed by atoms with Crippen LogP contribution >= 0.6 is 36.6 Å². The fourth-order valence-electron chi connectivity index (χ4n) is 5.44. The van der Waals surface area contributed by atoms with Gasteiger partial charge in [0.2, 0.25) is 0 Å². The number of rotatable bonds is 5. The summed E-state index contributed by atoms with van der Waals surface area (Å²) in [6.07, 6.45) is 3.67. The largest absolute Gasteiger partial charge is 0.490 e. The third-order valence-corrected chi connectivity index (χ3v) is 8.12. The van der Waals surface area contributed by atoms with Crippen LogP contribution in [0, 0.1) is 5.82 Å². The number of β-amino-alcohol motifs (C(OH)–C–C–N with tert-alkyl or cyclic N) is 1. The summed E-state index contributed by atoms with van der Waals surface area (Å²) in [4.78, 5) is 20.2. The van der Waals surface area contributed by atoms with Crippen molar-refractivity contribution in [1.29, 1.82) is 0 Å². The molecule has 2 aromatic heterocycles. The molecule has 1 atom stereocenters. The summed E-state index contributed by atoms with van der Waals surface area (Å²) in [5, 5.41) is 15.9. The van der Waals surface area contributed by atoms with Gasteiger partial charge in [-0.05, 0) is 55.6 Å². The van der Waals surface area contributed by atoms with E-state index in [1.54, 1.807) is 23.9 Å². The topological polar surface area (TPSA) is 79.6 Å². The van der Waals surface area contributed by atoms with Crippen LogP contribution in [-0.2, 0) is 18.7 Å². The van der Waals surface area contributed by atoms with Gasteiger partial charge in [0.15, 0.2) is 5.75 Å². The molecular formula is C25H29Cl2FN4O3S. The van der Waals surface area contributed by atoms with Crippen LogP contribution in [-0.4, -0.2) is 57.6 Å². The molecule has 0 amide bonds. The molecule has 11 heteroatoms. The maximum Gasteiger partial charge on any atom is 0.251 e. The Hall–Kier alpha value is -1.88. The van der Waals surface area contributed by atoms with E-state index in [-0.39, 0.29) is 42.5 Å². The average Bonchev–Trinajstić information content (AvgIpc) is 3.17. The number of nitrogens with zero attached hydrogens (tertiary/aromatic N) is 3. The lowest BCUT2D eigenvalue weighted by Gasteiger charge is -2.37. The molecule has 3 aromatic rings. The van der Waals surface area contributed by atoms with Crippen molar-refractivity contribution in [2.75, 3.05) is 32.0 Å². The van der Waals surface area contributed by atoms with Crippen molar-refractivity contribution in [2.45, 2.75) is 42.5 Å². The Morgan fingerprint density at radius 2 is 2.00 bits per heavy atom. The van der Waals surface area contributed by atoms with Gasteiger partial charge in [0, 0.05) is 36.5 Å². The predicted molar refractivity (Wildman–Crippen MR) is 143 cm³/mol. The molecule has 0 spiro atoms. The first kappa shape index (κ1) is 27.2. The average molecular weight is 556 g/mol. The highest BCUT2D eigenvalue weighted by molar-refractivity contribution is 7.99. The van der Waals surface area contributed by atoms with Crippen LogP contribution in [0.3, 0.4) is 0 Å². The summed E-state index contributed by atoms with van der Waals surface area (Å²) >= 11 is 1.80. The number of likely N-dealkylation sites (tertiary alicyclic amines) is 1. The zero-order valence-electron chi connectivity index (χ0n) is 19.6. The highest BCUT2D eigenvalue weighted by Crippen LogP contribution is 2.38. The van der Waals surface area contributed by atoms with Gasteiger partial charge in [0.1, 0.15) is 11.4 Å². The standard InChI is InChI=1S/C25H27FN4O3S.2ClH/c26-19-3-1-16-2-4-22(31)30-15-25(32,23(19)24(16)30)14-29-7-5-17(6-8-29)27-12-18-11-21-20(13-28-18)33-9-10-34-21;;/h1-4,11,13,17,27,32H,5-10,12,14-15H2;2*1H. The number of pyridine rings is 2. The third kappa shape index (κ3) is 4.97. The first-order valence-electron chi connectivity index (χ1n) is 11.8. The molecule has 0 saturated carbocycles. The van der Waals surface area contributed by atoms with E-state index >= 15 is 0 Å². The Morgan fingerprint density at radius 3 is 2.81 bits per heavy atom. The molecule has 1 saturated heterocycles. The Labute approximate surface area is 225 Å². The van der Waals surface area contributed by atoms with Gasteiger partial charge >= 0.3 is 0 Å². The molecule has 3 aliphatic heterocycles. The number of nitrogens with one attached hydrogen (secondary N) is 1. The molecule has 36 heavy (non-hydrogen) atoms. The minimum atomic E-state index is -1.41. The number of benzene rings is 1. The third-order valence-electron chi connectivity index (χ3n) is 7.12. The number of halogens is 3. The van der Waals surface area contributed by atoms with Crippen LogP contribution < -0.4 is 15.6 Å². The maximum absolute atomic E-state index is 14.8. The molecule has 194 valence electrons. The van der Waals surface area contributed by atoms with Gasteiger partial charge in [-0.1, -0.05) is 0 Å². The van der Waals surface area contributed by atoms with Crippen molar-refractivity contribution in [2.24, 2.45) is 0 Å². The second-order valence-electron chi connectivity index (χ2n) is 9.40. The lowest BCUT2D eigenvalue weighted by molar-refractivity contribution is -0.0159. The fourth-order valence-corrected chi connectivity index (χ4v) is 6.30. The summed E-state index contributed by atoms with van der Waals surface area (Å²) in [6.45, 7) is 3.42. The molecule has 0 aliphatic carbocycles. The van der Waals surface area contributed by atoms with Crippen LogP contribution in [0.25, 0.3) is 10.9 Å². The van der Waals surface area contributed by atoms with Crippen LogP contribution in [0.5, 0.6) is 5.75 Å².